The van der Waals surface area contributed by atoms with Crippen LogP contribution in [0.3, 0.4) is 0 Å². The SMILES string of the molecule is COc1ccc(CCNC(=O)CCn2nc(-c3cccs3)oc2=O)cc1. The summed E-state index contributed by atoms with van der Waals surface area (Å²) in [5.74, 6) is 0.396. The molecule has 8 heteroatoms. The van der Waals surface area contributed by atoms with E-state index in [1.165, 1.54) is 16.0 Å². The van der Waals surface area contributed by atoms with Crippen LogP contribution in [0.4, 0.5) is 0 Å². The van der Waals surface area contributed by atoms with Crippen molar-refractivity contribution in [1.82, 2.24) is 15.1 Å². The second-order valence-corrected chi connectivity index (χ2v) is 6.52. The number of hydrogen-bond acceptors (Lipinski definition) is 6. The first-order valence-corrected chi connectivity index (χ1v) is 9.05. The minimum atomic E-state index is -0.556. The molecule has 0 aliphatic rings. The van der Waals surface area contributed by atoms with Crippen molar-refractivity contribution in [2.45, 2.75) is 19.4 Å². The van der Waals surface area contributed by atoms with Gasteiger partial charge in [-0.3, -0.25) is 4.79 Å². The summed E-state index contributed by atoms with van der Waals surface area (Å²) in [5, 5.41) is 8.85. The summed E-state index contributed by atoms with van der Waals surface area (Å²) < 4.78 is 11.4. The highest BCUT2D eigenvalue weighted by Crippen LogP contribution is 2.21. The number of nitrogens with zero attached hydrogens (tertiary/aromatic N) is 2. The number of aryl methyl sites for hydroxylation is 1. The van der Waals surface area contributed by atoms with E-state index < -0.39 is 5.76 Å². The molecule has 0 aliphatic carbocycles. The van der Waals surface area contributed by atoms with Gasteiger partial charge in [0.2, 0.25) is 5.91 Å². The number of amides is 1. The minimum absolute atomic E-state index is 0.133. The fourth-order valence-corrected chi connectivity index (χ4v) is 3.03. The molecule has 0 atom stereocenters. The van der Waals surface area contributed by atoms with Crippen LogP contribution in [0, 0.1) is 0 Å². The van der Waals surface area contributed by atoms with Gasteiger partial charge >= 0.3 is 5.76 Å². The van der Waals surface area contributed by atoms with E-state index in [4.69, 9.17) is 9.15 Å². The Bertz CT molecular complexity index is 897. The van der Waals surface area contributed by atoms with Crippen molar-refractivity contribution in [1.29, 1.82) is 0 Å². The fraction of sp³-hybridized carbons (Fsp3) is 0.278. The summed E-state index contributed by atoms with van der Waals surface area (Å²) in [7, 11) is 1.62. The van der Waals surface area contributed by atoms with E-state index in [0.717, 1.165) is 22.6 Å². The molecule has 1 N–H and O–H groups in total. The third kappa shape index (κ3) is 4.60. The zero-order valence-corrected chi connectivity index (χ0v) is 15.1. The summed E-state index contributed by atoms with van der Waals surface area (Å²) in [5.41, 5.74) is 1.11. The lowest BCUT2D eigenvalue weighted by atomic mass is 10.1. The molecule has 0 fully saturated rings. The second-order valence-electron chi connectivity index (χ2n) is 5.57. The molecular formula is C18H19N3O4S. The molecule has 0 saturated carbocycles. The van der Waals surface area contributed by atoms with Gasteiger partial charge in [-0.05, 0) is 35.6 Å². The number of carbonyl (C=O) groups is 1. The maximum Gasteiger partial charge on any atom is 0.437 e. The average Bonchev–Trinajstić information content (AvgIpc) is 3.30. The fourth-order valence-electron chi connectivity index (χ4n) is 2.38. The van der Waals surface area contributed by atoms with Gasteiger partial charge in [0.25, 0.3) is 5.89 Å². The Labute approximate surface area is 154 Å². The second kappa shape index (κ2) is 8.48. The molecule has 2 aromatic heterocycles. The minimum Gasteiger partial charge on any atom is -0.497 e. The van der Waals surface area contributed by atoms with Crippen LogP contribution in [-0.2, 0) is 17.8 Å². The van der Waals surface area contributed by atoms with Crippen LogP contribution >= 0.6 is 11.3 Å². The Morgan fingerprint density at radius 2 is 2.12 bits per heavy atom. The highest BCUT2D eigenvalue weighted by Gasteiger charge is 2.12. The number of carbonyl (C=O) groups excluding carboxylic acids is 1. The highest BCUT2D eigenvalue weighted by atomic mass is 32.1. The van der Waals surface area contributed by atoms with Crippen molar-refractivity contribution < 1.29 is 13.9 Å². The number of aromatic nitrogens is 2. The van der Waals surface area contributed by atoms with Gasteiger partial charge in [0.15, 0.2) is 0 Å². The highest BCUT2D eigenvalue weighted by molar-refractivity contribution is 7.13. The van der Waals surface area contributed by atoms with Crippen LogP contribution in [0.15, 0.2) is 51.0 Å². The smallest absolute Gasteiger partial charge is 0.437 e. The number of methoxy groups -OCH3 is 1. The quantitative estimate of drug-likeness (QED) is 0.655. The number of hydrogen-bond donors (Lipinski definition) is 1. The van der Waals surface area contributed by atoms with E-state index in [1.807, 2.05) is 41.8 Å². The first-order valence-electron chi connectivity index (χ1n) is 8.17. The van der Waals surface area contributed by atoms with Gasteiger partial charge in [-0.25, -0.2) is 4.79 Å². The van der Waals surface area contributed by atoms with Gasteiger partial charge in [-0.1, -0.05) is 18.2 Å². The van der Waals surface area contributed by atoms with Crippen molar-refractivity contribution in [2.75, 3.05) is 13.7 Å². The van der Waals surface area contributed by atoms with Crippen LogP contribution in [0.25, 0.3) is 10.8 Å². The van der Waals surface area contributed by atoms with E-state index in [0.29, 0.717) is 6.54 Å². The monoisotopic (exact) mass is 373 g/mol. The molecule has 26 heavy (non-hydrogen) atoms. The molecule has 0 spiro atoms. The Balaban J connectivity index is 1.44. The molecule has 7 nitrogen and oxygen atoms in total. The van der Waals surface area contributed by atoms with E-state index in [2.05, 4.69) is 10.4 Å². The number of nitrogens with one attached hydrogen (secondary N) is 1. The van der Waals surface area contributed by atoms with E-state index in [9.17, 15) is 9.59 Å². The molecule has 0 aliphatic heterocycles. The lowest BCUT2D eigenvalue weighted by Crippen LogP contribution is -2.28. The average molecular weight is 373 g/mol. The first-order chi connectivity index (χ1) is 12.7. The number of ether oxygens (including phenoxy) is 1. The molecule has 3 aromatic rings. The molecule has 2 heterocycles. The van der Waals surface area contributed by atoms with Crippen LogP contribution in [0.5, 0.6) is 5.75 Å². The topological polar surface area (TPSA) is 86.4 Å². The maximum atomic E-state index is 12.0. The maximum absolute atomic E-state index is 12.0. The molecular weight excluding hydrogens is 354 g/mol. The van der Waals surface area contributed by atoms with Gasteiger partial charge < -0.3 is 14.5 Å². The summed E-state index contributed by atoms with van der Waals surface area (Å²) in [6.07, 6.45) is 0.890. The first kappa shape index (κ1) is 17.9. The zero-order valence-electron chi connectivity index (χ0n) is 14.3. The molecule has 1 amide bonds. The van der Waals surface area contributed by atoms with Crippen LogP contribution in [-0.4, -0.2) is 29.3 Å². The summed E-state index contributed by atoms with van der Waals surface area (Å²) >= 11 is 1.44. The lowest BCUT2D eigenvalue weighted by molar-refractivity contribution is -0.121. The number of thiophene rings is 1. The van der Waals surface area contributed by atoms with E-state index in [1.54, 1.807) is 7.11 Å². The summed E-state index contributed by atoms with van der Waals surface area (Å²) in [4.78, 5) is 24.5. The third-order valence-corrected chi connectivity index (χ3v) is 4.64. The van der Waals surface area contributed by atoms with Crippen molar-refractivity contribution in [3.63, 3.8) is 0 Å². The van der Waals surface area contributed by atoms with Crippen LogP contribution in [0.1, 0.15) is 12.0 Å². The molecule has 0 saturated heterocycles. The number of benzene rings is 1. The Morgan fingerprint density at radius 3 is 2.81 bits per heavy atom. The van der Waals surface area contributed by atoms with Crippen LogP contribution in [0.2, 0.25) is 0 Å². The molecule has 136 valence electrons. The Kier molecular flexibility index (Phi) is 5.85. The van der Waals surface area contributed by atoms with E-state index in [-0.39, 0.29) is 24.8 Å². The Morgan fingerprint density at radius 1 is 1.31 bits per heavy atom. The molecule has 1 aromatic carbocycles. The molecule has 3 rings (SSSR count). The van der Waals surface area contributed by atoms with Crippen LogP contribution < -0.4 is 15.8 Å². The summed E-state index contributed by atoms with van der Waals surface area (Å²) in [6.45, 7) is 0.710. The van der Waals surface area contributed by atoms with Crippen molar-refractivity contribution >= 4 is 17.2 Å². The standard InChI is InChI=1S/C18H19N3O4S/c1-24-14-6-4-13(5-7-14)8-10-19-16(22)9-11-21-18(23)25-17(20-21)15-3-2-12-26-15/h2-7,12H,8-11H2,1H3,(H,19,22). The molecule has 0 radical (unpaired) electrons. The lowest BCUT2D eigenvalue weighted by Gasteiger charge is -2.06. The van der Waals surface area contributed by atoms with Crippen molar-refractivity contribution in [3.05, 3.63) is 57.9 Å². The predicted octanol–water partition coefficient (Wildman–Crippen LogP) is 2.32. The van der Waals surface area contributed by atoms with Gasteiger partial charge in [0.1, 0.15) is 5.75 Å². The normalized spacial score (nSPS) is 10.7. The number of rotatable bonds is 8. The summed E-state index contributed by atoms with van der Waals surface area (Å²) in [6, 6.07) is 11.4. The van der Waals surface area contributed by atoms with Crippen molar-refractivity contribution in [3.8, 4) is 16.5 Å². The van der Waals surface area contributed by atoms with Crippen molar-refractivity contribution in [2.24, 2.45) is 0 Å². The Hall–Kier alpha value is -2.87. The van der Waals surface area contributed by atoms with Gasteiger partial charge in [-0.2, -0.15) is 4.68 Å². The third-order valence-electron chi connectivity index (χ3n) is 3.78. The predicted molar refractivity (Wildman–Crippen MR) is 98.4 cm³/mol. The molecule has 0 unspecified atom stereocenters. The van der Waals surface area contributed by atoms with Gasteiger partial charge in [0.05, 0.1) is 18.5 Å². The molecule has 0 bridgehead atoms. The van der Waals surface area contributed by atoms with E-state index >= 15 is 0 Å². The van der Waals surface area contributed by atoms with Gasteiger partial charge in [0, 0.05) is 13.0 Å². The largest absolute Gasteiger partial charge is 0.497 e. The van der Waals surface area contributed by atoms with Gasteiger partial charge in [-0.15, -0.1) is 16.4 Å². The zero-order chi connectivity index (χ0) is 18.4.